The molecular weight excluding hydrogens is 1020 g/mol. The van der Waals surface area contributed by atoms with Crippen molar-refractivity contribution in [2.24, 2.45) is 5.41 Å². The van der Waals surface area contributed by atoms with Crippen molar-refractivity contribution in [3.63, 3.8) is 0 Å². The molecule has 29 heteroatoms. The third-order valence-corrected chi connectivity index (χ3v) is 13.6. The second-order valence-electron chi connectivity index (χ2n) is 19.4. The maximum atomic E-state index is 13.8. The predicted molar refractivity (Wildman–Crippen MR) is 249 cm³/mol. The second kappa shape index (κ2) is 32.3. The van der Waals surface area contributed by atoms with Crippen LogP contribution in [-0.4, -0.2) is 252 Å². The molecule has 436 valence electrons. The summed E-state index contributed by atoms with van der Waals surface area (Å²) in [5.41, 5.74) is -1.24. The fraction of sp³-hybridized carbons (Fsp3) is 0.851. The Kier molecular flexibility index (Phi) is 27.5. The first-order chi connectivity index (χ1) is 36.1. The van der Waals surface area contributed by atoms with E-state index in [0.717, 1.165) is 0 Å². The molecular formula is C47H77N3O26. The van der Waals surface area contributed by atoms with Gasteiger partial charge < -0.3 is 105 Å². The molecule has 0 aliphatic carbocycles. The van der Waals surface area contributed by atoms with Gasteiger partial charge in [-0.15, -0.1) is 5.06 Å². The molecule has 4 fully saturated rings. The van der Waals surface area contributed by atoms with Crippen LogP contribution in [0, 0.1) is 5.41 Å². The maximum absolute atomic E-state index is 13.8. The van der Waals surface area contributed by atoms with Crippen LogP contribution in [0.2, 0.25) is 0 Å². The molecule has 0 aromatic heterocycles. The van der Waals surface area contributed by atoms with Gasteiger partial charge in [0.05, 0.1) is 39.5 Å². The van der Waals surface area contributed by atoms with E-state index in [-0.39, 0.29) is 129 Å². The van der Waals surface area contributed by atoms with Gasteiger partial charge >= 0.3 is 5.97 Å². The fourth-order valence-corrected chi connectivity index (χ4v) is 8.90. The molecule has 0 unspecified atom stereocenters. The first-order valence-corrected chi connectivity index (χ1v) is 25.6. The number of carbonyl (C=O) groups is 7. The minimum Gasteiger partial charge on any atom is -0.394 e. The molecule has 14 N–H and O–H groups in total. The molecule has 0 aromatic carbocycles. The maximum Gasteiger partial charge on any atom is 0.333 e. The van der Waals surface area contributed by atoms with Crippen LogP contribution in [0.1, 0.15) is 103 Å². The van der Waals surface area contributed by atoms with Crippen molar-refractivity contribution < 1.29 is 128 Å². The van der Waals surface area contributed by atoms with Crippen LogP contribution in [0.3, 0.4) is 0 Å². The number of amides is 4. The number of unbranched alkanes of at least 4 members (excludes halogenated alkanes) is 1. The molecule has 29 nitrogen and oxygen atoms in total. The number of hydrogen-bond acceptors (Lipinski definition) is 26. The number of rotatable bonds is 34. The molecule has 4 aliphatic heterocycles. The summed E-state index contributed by atoms with van der Waals surface area (Å²) in [7, 11) is 0. The number of aliphatic hydroxyl groups excluding tert-OH is 12. The molecule has 76 heavy (non-hydrogen) atoms. The Bertz CT molecular complexity index is 1690. The van der Waals surface area contributed by atoms with E-state index in [4.69, 9.17) is 33.3 Å². The first-order valence-electron chi connectivity index (χ1n) is 25.6. The van der Waals surface area contributed by atoms with Crippen LogP contribution in [0.25, 0.3) is 0 Å². The van der Waals surface area contributed by atoms with Gasteiger partial charge in [-0.2, -0.15) is 0 Å². The standard InChI is InChI=1S/C47H77N3O26/c51-22-27-35(61)38(64)41(67)44(73-27)70-18-2-1-5-25(54)10-13-47(21-26(55)6-9-34(60)76-50-32(58)7-8-33(50)59,14-11-30(56)48-16-3-19-71-45-42(68)39(65)36(62)28(23-52)74-45)15-12-31(57)49-17-4-20-72-46-43(69)40(66)37(63)29(24-53)75-46/h27-29,35-46,51-53,61-69H,1-24H2,(H,48,56)(H,49,57)/t27-,28-,29-,35-,36-,37-,38+,39+,40+,41+,42+,43+,44+,45+,46+/m1/s1. The van der Waals surface area contributed by atoms with E-state index in [1.54, 1.807) is 0 Å². The van der Waals surface area contributed by atoms with Gasteiger partial charge in [-0.05, 0) is 50.4 Å². The molecule has 0 saturated carbocycles. The first kappa shape index (κ1) is 64.7. The molecule has 4 rings (SSSR count). The Morgan fingerprint density at radius 1 is 0.487 bits per heavy atom. The highest BCUT2D eigenvalue weighted by molar-refractivity contribution is 6.01. The smallest absolute Gasteiger partial charge is 0.333 e. The summed E-state index contributed by atoms with van der Waals surface area (Å²) in [6.45, 7) is -2.22. The zero-order valence-electron chi connectivity index (χ0n) is 42.2. The van der Waals surface area contributed by atoms with Crippen molar-refractivity contribution in [3.8, 4) is 0 Å². The number of carbonyl (C=O) groups excluding carboxylic acids is 7. The van der Waals surface area contributed by atoms with Gasteiger partial charge in [-0.1, -0.05) is 0 Å². The molecule has 0 bridgehead atoms. The molecule has 4 heterocycles. The summed E-state index contributed by atoms with van der Waals surface area (Å²) in [4.78, 5) is 95.6. The van der Waals surface area contributed by atoms with E-state index in [0.29, 0.717) is 5.06 Å². The highest BCUT2D eigenvalue weighted by Gasteiger charge is 2.46. The fourth-order valence-electron chi connectivity index (χ4n) is 8.90. The van der Waals surface area contributed by atoms with Crippen molar-refractivity contribution in [3.05, 3.63) is 0 Å². The van der Waals surface area contributed by atoms with Crippen LogP contribution in [0.15, 0.2) is 0 Å². The summed E-state index contributed by atoms with van der Waals surface area (Å²) >= 11 is 0. The Morgan fingerprint density at radius 3 is 1.29 bits per heavy atom. The second-order valence-corrected chi connectivity index (χ2v) is 19.4. The van der Waals surface area contributed by atoms with Crippen LogP contribution in [-0.2, 0) is 66.8 Å². The average molecular weight is 1100 g/mol. The Morgan fingerprint density at radius 2 is 0.882 bits per heavy atom. The van der Waals surface area contributed by atoms with Crippen LogP contribution in [0.4, 0.5) is 0 Å². The SMILES string of the molecule is O=C(CCCCO[C@H]1O[C@H](CO)[C@@H](O)[C@H](O)[C@@H]1O)CCC(CCC(=O)NCCCO[C@H]1O[C@H](CO)[C@@H](O)[C@H](O)[C@@H]1O)(CCC(=O)NCCCO[C@H]1O[C@H](CO)[C@@H](O)[C@H](O)[C@@H]1O)CC(=O)CCC(=O)ON1C(=O)CCC1=O. The number of nitrogens with one attached hydrogen (secondary N) is 2. The predicted octanol–water partition coefficient (Wildman–Crippen LogP) is -6.14. The molecule has 4 saturated heterocycles. The topological polar surface area (TPSA) is 454 Å². The number of imide groups is 1. The molecule has 4 aliphatic rings. The van der Waals surface area contributed by atoms with Crippen molar-refractivity contribution in [2.75, 3.05) is 52.7 Å². The molecule has 0 spiro atoms. The van der Waals surface area contributed by atoms with Crippen molar-refractivity contribution >= 4 is 41.2 Å². The molecule has 0 aromatic rings. The third kappa shape index (κ3) is 19.5. The van der Waals surface area contributed by atoms with Crippen LogP contribution in [0.5, 0.6) is 0 Å². The quantitative estimate of drug-likeness (QED) is 0.0211. The van der Waals surface area contributed by atoms with E-state index < -0.39 is 166 Å². The van der Waals surface area contributed by atoms with Crippen molar-refractivity contribution in [1.82, 2.24) is 15.7 Å². The number of aliphatic hydroxyl groups is 12. The number of ketones is 2. The van der Waals surface area contributed by atoms with E-state index in [1.165, 1.54) is 0 Å². The summed E-state index contributed by atoms with van der Waals surface area (Å²) in [6, 6.07) is 0. The summed E-state index contributed by atoms with van der Waals surface area (Å²) in [6.07, 6.45) is -24.0. The summed E-state index contributed by atoms with van der Waals surface area (Å²) in [5, 5.41) is 125. The zero-order valence-corrected chi connectivity index (χ0v) is 42.2. The largest absolute Gasteiger partial charge is 0.394 e. The summed E-state index contributed by atoms with van der Waals surface area (Å²) < 4.78 is 32.5. The number of hydrogen-bond donors (Lipinski definition) is 14. The lowest BCUT2D eigenvalue weighted by molar-refractivity contribution is -0.301. The number of ether oxygens (including phenoxy) is 6. The minimum atomic E-state index is -1.66. The van der Waals surface area contributed by atoms with E-state index in [1.807, 2.05) is 0 Å². The van der Waals surface area contributed by atoms with Gasteiger partial charge in [0, 0.05) is 71.1 Å². The zero-order chi connectivity index (χ0) is 56.1. The summed E-state index contributed by atoms with van der Waals surface area (Å²) in [5.74, 6) is -4.34. The van der Waals surface area contributed by atoms with Crippen molar-refractivity contribution in [1.29, 1.82) is 0 Å². The van der Waals surface area contributed by atoms with Gasteiger partial charge in [-0.3, -0.25) is 28.8 Å². The van der Waals surface area contributed by atoms with E-state index in [9.17, 15) is 94.8 Å². The van der Waals surface area contributed by atoms with Gasteiger partial charge in [0.1, 0.15) is 84.8 Å². The molecule has 4 amide bonds. The van der Waals surface area contributed by atoms with Gasteiger partial charge in [0.2, 0.25) is 11.8 Å². The van der Waals surface area contributed by atoms with E-state index in [2.05, 4.69) is 10.6 Å². The van der Waals surface area contributed by atoms with Crippen molar-refractivity contribution in [2.45, 2.75) is 195 Å². The number of nitrogens with zero attached hydrogens (tertiary/aromatic N) is 1. The Balaban J connectivity index is 1.40. The van der Waals surface area contributed by atoms with Crippen LogP contribution < -0.4 is 10.6 Å². The molecule has 15 atom stereocenters. The normalized spacial score (nSPS) is 31.1. The minimum absolute atomic E-state index is 0.000784. The average Bonchev–Trinajstić information content (AvgIpc) is 3.72. The highest BCUT2D eigenvalue weighted by Crippen LogP contribution is 2.40. The van der Waals surface area contributed by atoms with Crippen LogP contribution >= 0.6 is 0 Å². The van der Waals surface area contributed by atoms with Gasteiger partial charge in [-0.25, -0.2) is 4.79 Å². The third-order valence-electron chi connectivity index (χ3n) is 13.6. The van der Waals surface area contributed by atoms with Gasteiger partial charge in [0.15, 0.2) is 18.9 Å². The van der Waals surface area contributed by atoms with Gasteiger partial charge in [0.25, 0.3) is 11.8 Å². The number of hydroxylamine groups is 2. The Labute approximate surface area is 437 Å². The Hall–Kier alpha value is -3.83. The lowest BCUT2D eigenvalue weighted by Crippen LogP contribution is -2.59. The monoisotopic (exact) mass is 1100 g/mol. The number of Topliss-reactive ketones (excluding diaryl/α,β-unsaturated/α-hetero) is 2. The lowest BCUT2D eigenvalue weighted by Gasteiger charge is -2.39. The highest BCUT2D eigenvalue weighted by atomic mass is 16.7. The van der Waals surface area contributed by atoms with E-state index >= 15 is 0 Å². The lowest BCUT2D eigenvalue weighted by atomic mass is 9.70. The molecule has 0 radical (unpaired) electrons.